The summed E-state index contributed by atoms with van der Waals surface area (Å²) in [6.45, 7) is 0. The molecule has 1 radical (unpaired) electrons. The molecule has 1 aliphatic rings. The molecule has 0 atom stereocenters. The van der Waals surface area contributed by atoms with Crippen LogP contribution < -0.4 is 5.32 Å². The largest absolute Gasteiger partial charge is 0.673 e. The fraction of sp³-hybridized carbons (Fsp3) is 0. The van der Waals surface area contributed by atoms with Crippen LogP contribution in [0.15, 0.2) is 17.4 Å². The Morgan fingerprint density at radius 2 is 1.50 bits per heavy atom. The minimum atomic E-state index is -6.00. The third kappa shape index (κ3) is 15.8. The Kier molecular flexibility index (Phi) is 3.52. The molecule has 0 bridgehead atoms. The average Bonchev–Trinajstić information content (AvgIpc) is 2.07. The molecule has 0 aliphatic carbocycles. The van der Waals surface area contributed by atoms with Gasteiger partial charge in [0.2, 0.25) is 0 Å². The molecule has 0 spiro atoms. The summed E-state index contributed by atoms with van der Waals surface area (Å²) in [5, 5.41) is 3.61. The smallest absolute Gasteiger partial charge is 0.418 e. The molecule has 57 valence electrons. The van der Waals surface area contributed by atoms with Crippen molar-refractivity contribution in [2.24, 2.45) is 4.99 Å². The Hall–Kier alpha value is -1.01. The van der Waals surface area contributed by atoms with E-state index in [1.165, 1.54) is 6.34 Å². The van der Waals surface area contributed by atoms with E-state index >= 15 is 0 Å². The van der Waals surface area contributed by atoms with Gasteiger partial charge in [0.1, 0.15) is 6.34 Å². The molecule has 2 nitrogen and oxygen atoms in total. The molecular weight excluding hydrogens is 151 g/mol. The summed E-state index contributed by atoms with van der Waals surface area (Å²) in [5.41, 5.74) is 0. The van der Waals surface area contributed by atoms with Crippen molar-refractivity contribution < 1.29 is 17.3 Å². The van der Waals surface area contributed by atoms with Crippen LogP contribution in [0.5, 0.6) is 0 Å². The van der Waals surface area contributed by atoms with Gasteiger partial charge in [-0.3, -0.25) is 0 Å². The van der Waals surface area contributed by atoms with Crippen LogP contribution in [0.2, 0.25) is 0 Å². The Balaban J connectivity index is 0.000000162. The predicted octanol–water partition coefficient (Wildman–Crippen LogP) is 1.40. The SMILES string of the molecule is C1=CN=C[N]1.F[B-](F)(F)F. The van der Waals surface area contributed by atoms with Gasteiger partial charge in [-0.15, -0.1) is 0 Å². The van der Waals surface area contributed by atoms with E-state index in [2.05, 4.69) is 10.3 Å². The molecule has 7 heteroatoms. The van der Waals surface area contributed by atoms with E-state index in [9.17, 15) is 17.3 Å². The van der Waals surface area contributed by atoms with Crippen LogP contribution in [0.25, 0.3) is 0 Å². The Labute approximate surface area is 54.7 Å². The van der Waals surface area contributed by atoms with E-state index in [0.717, 1.165) is 0 Å². The molecule has 1 heterocycles. The molecule has 0 aromatic heterocycles. The minimum absolute atomic E-state index is 1.50. The Bertz CT molecular complexity index is 124. The third-order valence-electron chi connectivity index (χ3n) is 0.372. The van der Waals surface area contributed by atoms with Crippen LogP contribution in [-0.4, -0.2) is 13.6 Å². The third-order valence-corrected chi connectivity index (χ3v) is 0.372. The lowest BCUT2D eigenvalue weighted by atomic mass is 10.3. The van der Waals surface area contributed by atoms with Crippen molar-refractivity contribution in [1.82, 2.24) is 5.32 Å². The zero-order chi connectivity index (χ0) is 8.04. The van der Waals surface area contributed by atoms with Crippen molar-refractivity contribution in [1.29, 1.82) is 0 Å². The molecule has 0 unspecified atom stereocenters. The van der Waals surface area contributed by atoms with Crippen molar-refractivity contribution in [3.8, 4) is 0 Å². The van der Waals surface area contributed by atoms with Gasteiger partial charge in [-0.1, -0.05) is 0 Å². The van der Waals surface area contributed by atoms with Crippen LogP contribution in [-0.2, 0) is 0 Å². The quantitative estimate of drug-likeness (QED) is 0.372. The lowest BCUT2D eigenvalue weighted by Gasteiger charge is -1.94. The molecule has 0 saturated heterocycles. The number of nitrogens with zero attached hydrogens (tertiary/aromatic N) is 2. The van der Waals surface area contributed by atoms with Crippen LogP contribution in [0, 0.1) is 0 Å². The zero-order valence-electron chi connectivity index (χ0n) is 4.72. The highest BCUT2D eigenvalue weighted by atomic mass is 19.5. The van der Waals surface area contributed by atoms with Gasteiger partial charge in [0.25, 0.3) is 0 Å². The second kappa shape index (κ2) is 3.92. The van der Waals surface area contributed by atoms with Crippen LogP contribution in [0.3, 0.4) is 0 Å². The van der Waals surface area contributed by atoms with E-state index in [1.807, 2.05) is 0 Å². The number of halogens is 4. The van der Waals surface area contributed by atoms with Gasteiger partial charge in [-0.2, -0.15) is 0 Å². The highest BCUT2D eigenvalue weighted by Crippen LogP contribution is 2.06. The van der Waals surface area contributed by atoms with Gasteiger partial charge in [0, 0.05) is 12.4 Å². The summed E-state index contributed by atoms with van der Waals surface area (Å²) in [7, 11) is -6.00. The van der Waals surface area contributed by atoms with Gasteiger partial charge in [0.15, 0.2) is 0 Å². The summed E-state index contributed by atoms with van der Waals surface area (Å²) < 4.78 is 39.0. The molecule has 1 aliphatic heterocycles. The number of hydrogen-bond donors (Lipinski definition) is 0. The Morgan fingerprint density at radius 3 is 1.60 bits per heavy atom. The number of hydrogen-bond acceptors (Lipinski definition) is 1. The van der Waals surface area contributed by atoms with Crippen LogP contribution in [0.4, 0.5) is 17.3 Å². The van der Waals surface area contributed by atoms with Crippen molar-refractivity contribution in [3.05, 3.63) is 12.4 Å². The molecule has 1 rings (SSSR count). The minimum Gasteiger partial charge on any atom is -0.418 e. The monoisotopic (exact) mass is 154 g/mol. The fourth-order valence-corrected chi connectivity index (χ4v) is 0.192. The fourth-order valence-electron chi connectivity index (χ4n) is 0.192. The Morgan fingerprint density at radius 1 is 1.00 bits per heavy atom. The van der Waals surface area contributed by atoms with Crippen molar-refractivity contribution in [2.45, 2.75) is 0 Å². The number of rotatable bonds is 0. The lowest BCUT2D eigenvalue weighted by molar-refractivity contribution is 0.368. The maximum atomic E-state index is 9.75. The molecule has 0 saturated carbocycles. The molecule has 0 aromatic rings. The summed E-state index contributed by atoms with van der Waals surface area (Å²) in [6, 6.07) is 0. The molecule has 0 fully saturated rings. The number of aliphatic imine (C=N–C) groups is 1. The van der Waals surface area contributed by atoms with E-state index in [4.69, 9.17) is 0 Å². The summed E-state index contributed by atoms with van der Waals surface area (Å²) in [5.74, 6) is 0. The molecule has 0 N–H and O–H groups in total. The first-order chi connectivity index (χ1) is 4.50. The summed E-state index contributed by atoms with van der Waals surface area (Å²) in [6.07, 6.45) is 4.78. The van der Waals surface area contributed by atoms with E-state index in [-0.39, 0.29) is 0 Å². The van der Waals surface area contributed by atoms with Crippen molar-refractivity contribution in [3.63, 3.8) is 0 Å². The highest BCUT2D eigenvalue weighted by Gasteiger charge is 2.20. The van der Waals surface area contributed by atoms with Gasteiger partial charge in [0.05, 0.1) is 0 Å². The van der Waals surface area contributed by atoms with E-state index in [1.54, 1.807) is 12.4 Å². The van der Waals surface area contributed by atoms with Crippen molar-refractivity contribution >= 4 is 13.6 Å². The van der Waals surface area contributed by atoms with Crippen molar-refractivity contribution in [2.75, 3.05) is 0 Å². The van der Waals surface area contributed by atoms with Gasteiger partial charge < -0.3 is 17.3 Å². The standard InChI is InChI=1S/C3H3N2.BF4/c1-2-5-3-4-1;2-1(3,4)5/h1-3H;/q;-1. The molecular formula is C3H3BF4N2-. The first-order valence-corrected chi connectivity index (χ1v) is 2.24. The second-order valence-electron chi connectivity index (χ2n) is 1.21. The van der Waals surface area contributed by atoms with Gasteiger partial charge in [-0.25, -0.2) is 10.3 Å². The summed E-state index contributed by atoms with van der Waals surface area (Å²) in [4.78, 5) is 3.61. The average molecular weight is 154 g/mol. The first kappa shape index (κ1) is 8.99. The maximum absolute atomic E-state index is 9.75. The molecule has 0 amide bonds. The molecule has 0 aromatic carbocycles. The topological polar surface area (TPSA) is 26.5 Å². The normalized spacial score (nSPS) is 14.0. The lowest BCUT2D eigenvalue weighted by Crippen LogP contribution is -2.02. The van der Waals surface area contributed by atoms with E-state index in [0.29, 0.717) is 0 Å². The van der Waals surface area contributed by atoms with Gasteiger partial charge >= 0.3 is 7.25 Å². The summed E-state index contributed by atoms with van der Waals surface area (Å²) >= 11 is 0. The predicted molar refractivity (Wildman–Crippen MR) is 30.0 cm³/mol. The van der Waals surface area contributed by atoms with Crippen LogP contribution >= 0.6 is 0 Å². The maximum Gasteiger partial charge on any atom is 0.673 e. The van der Waals surface area contributed by atoms with Crippen LogP contribution in [0.1, 0.15) is 0 Å². The first-order valence-electron chi connectivity index (χ1n) is 2.24. The molecule has 10 heavy (non-hydrogen) atoms. The second-order valence-corrected chi connectivity index (χ2v) is 1.21. The zero-order valence-corrected chi connectivity index (χ0v) is 4.72. The highest BCUT2D eigenvalue weighted by molar-refractivity contribution is 6.50. The van der Waals surface area contributed by atoms with E-state index < -0.39 is 7.25 Å². The van der Waals surface area contributed by atoms with Gasteiger partial charge in [-0.05, 0) is 0 Å².